The topological polar surface area (TPSA) is 52.1 Å². The zero-order valence-electron chi connectivity index (χ0n) is 13.7. The molecule has 1 atom stereocenters. The maximum atomic E-state index is 5.73. The van der Waals surface area contributed by atoms with Crippen molar-refractivity contribution >= 4 is 5.90 Å². The van der Waals surface area contributed by atoms with Crippen LogP contribution in [0.1, 0.15) is 24.5 Å². The second-order valence-corrected chi connectivity index (χ2v) is 5.16. The number of aliphatic imine (C=N–C) groups is 1. The van der Waals surface area contributed by atoms with E-state index in [2.05, 4.69) is 29.9 Å². The van der Waals surface area contributed by atoms with Crippen LogP contribution in [0.2, 0.25) is 0 Å². The number of benzene rings is 1. The van der Waals surface area contributed by atoms with Gasteiger partial charge in [-0.1, -0.05) is 19.9 Å². The number of ether oxygens (including phenoxy) is 3. The Morgan fingerprint density at radius 1 is 1.41 bits per heavy atom. The summed E-state index contributed by atoms with van der Waals surface area (Å²) in [6.07, 6.45) is 1.93. The van der Waals surface area contributed by atoms with Crippen LogP contribution in [-0.4, -0.2) is 39.8 Å². The Morgan fingerprint density at radius 2 is 2.18 bits per heavy atom. The molecular weight excluding hydrogens is 280 g/mol. The number of hydrogen-bond acceptors (Lipinski definition) is 5. The van der Waals surface area contributed by atoms with Crippen molar-refractivity contribution in [2.75, 3.05) is 27.9 Å². The second-order valence-electron chi connectivity index (χ2n) is 5.16. The van der Waals surface area contributed by atoms with Gasteiger partial charge in [-0.3, -0.25) is 0 Å². The Bertz CT molecular complexity index is 582. The first kappa shape index (κ1) is 16.2. The van der Waals surface area contributed by atoms with E-state index in [9.17, 15) is 0 Å². The molecule has 0 radical (unpaired) electrons. The first-order valence-corrected chi connectivity index (χ1v) is 7.47. The molecule has 0 bridgehead atoms. The van der Waals surface area contributed by atoms with Crippen molar-refractivity contribution in [3.63, 3.8) is 0 Å². The van der Waals surface area contributed by atoms with E-state index in [4.69, 9.17) is 14.2 Å². The van der Waals surface area contributed by atoms with Crippen molar-refractivity contribution in [2.45, 2.75) is 25.8 Å². The van der Waals surface area contributed by atoms with Crippen molar-refractivity contribution in [1.82, 2.24) is 5.32 Å². The van der Waals surface area contributed by atoms with Crippen molar-refractivity contribution < 1.29 is 14.2 Å². The third-order valence-electron chi connectivity index (χ3n) is 3.70. The fourth-order valence-corrected chi connectivity index (χ4v) is 2.50. The lowest BCUT2D eigenvalue weighted by molar-refractivity contribution is 0.325. The number of methoxy groups -OCH3 is 2. The number of aryl methyl sites for hydroxylation is 1. The quantitative estimate of drug-likeness (QED) is 0.841. The number of rotatable bonds is 7. The summed E-state index contributed by atoms with van der Waals surface area (Å²) < 4.78 is 16.7. The second kappa shape index (κ2) is 7.20. The average Bonchev–Trinajstić information content (AvgIpc) is 3.03. The van der Waals surface area contributed by atoms with Crippen LogP contribution in [-0.2, 0) is 11.2 Å². The highest BCUT2D eigenvalue weighted by atomic mass is 16.5. The van der Waals surface area contributed by atoms with Crippen molar-refractivity contribution in [1.29, 1.82) is 0 Å². The van der Waals surface area contributed by atoms with Gasteiger partial charge in [-0.15, -0.1) is 0 Å². The van der Waals surface area contributed by atoms with E-state index in [1.54, 1.807) is 14.2 Å². The summed E-state index contributed by atoms with van der Waals surface area (Å²) in [4.78, 5) is 4.60. The number of likely N-dealkylation sites (N-methyl/N-ethyl adjacent to an activating group) is 1. The Morgan fingerprint density at radius 3 is 2.77 bits per heavy atom. The average molecular weight is 304 g/mol. The lowest BCUT2D eigenvalue weighted by atomic mass is 10.0. The van der Waals surface area contributed by atoms with Gasteiger partial charge in [0.05, 0.1) is 14.2 Å². The molecule has 0 saturated heterocycles. The normalized spacial score (nSPS) is 16.7. The van der Waals surface area contributed by atoms with Crippen LogP contribution in [0.4, 0.5) is 0 Å². The summed E-state index contributed by atoms with van der Waals surface area (Å²) in [5.74, 6) is 2.10. The molecule has 0 fully saturated rings. The van der Waals surface area contributed by atoms with Crippen molar-refractivity contribution in [2.24, 2.45) is 4.99 Å². The highest BCUT2D eigenvalue weighted by Gasteiger charge is 2.24. The molecule has 5 heteroatoms. The zero-order chi connectivity index (χ0) is 16.1. The maximum Gasteiger partial charge on any atom is 0.217 e. The van der Waals surface area contributed by atoms with Crippen molar-refractivity contribution in [3.8, 4) is 11.5 Å². The van der Waals surface area contributed by atoms with Crippen LogP contribution in [0.25, 0.3) is 0 Å². The summed E-state index contributed by atoms with van der Waals surface area (Å²) in [6.45, 7) is 6.59. The molecule has 1 N–H and O–H groups in total. The Balaban J connectivity index is 2.39. The zero-order valence-corrected chi connectivity index (χ0v) is 13.7. The molecule has 5 nitrogen and oxygen atoms in total. The van der Waals surface area contributed by atoms with Gasteiger partial charge in [0.2, 0.25) is 5.90 Å². The highest BCUT2D eigenvalue weighted by Crippen LogP contribution is 2.34. The van der Waals surface area contributed by atoms with Gasteiger partial charge in [-0.2, -0.15) is 0 Å². The Kier molecular flexibility index (Phi) is 5.31. The minimum Gasteiger partial charge on any atom is -0.493 e. The van der Waals surface area contributed by atoms with Gasteiger partial charge in [0.15, 0.2) is 11.5 Å². The maximum absolute atomic E-state index is 5.73. The summed E-state index contributed by atoms with van der Waals surface area (Å²) in [6, 6.07) is 3.91. The summed E-state index contributed by atoms with van der Waals surface area (Å²) in [7, 11) is 5.14. The van der Waals surface area contributed by atoms with Crippen LogP contribution >= 0.6 is 0 Å². The molecular formula is C17H24N2O3. The van der Waals surface area contributed by atoms with Crippen LogP contribution in [0.15, 0.2) is 29.4 Å². The molecule has 1 aromatic carbocycles. The van der Waals surface area contributed by atoms with Gasteiger partial charge in [0.25, 0.3) is 0 Å². The highest BCUT2D eigenvalue weighted by molar-refractivity contribution is 5.96. The number of nitrogens with zero attached hydrogens (tertiary/aromatic N) is 1. The van der Waals surface area contributed by atoms with Gasteiger partial charge < -0.3 is 19.5 Å². The van der Waals surface area contributed by atoms with E-state index in [-0.39, 0.29) is 6.04 Å². The van der Waals surface area contributed by atoms with Gasteiger partial charge in [0.1, 0.15) is 12.6 Å². The lowest BCUT2D eigenvalue weighted by Crippen LogP contribution is -2.19. The van der Waals surface area contributed by atoms with Crippen molar-refractivity contribution in [3.05, 3.63) is 35.5 Å². The molecule has 22 heavy (non-hydrogen) atoms. The minimum absolute atomic E-state index is 0.0530. The van der Waals surface area contributed by atoms with Gasteiger partial charge >= 0.3 is 0 Å². The molecule has 1 heterocycles. The predicted octanol–water partition coefficient (Wildman–Crippen LogP) is 2.53. The van der Waals surface area contributed by atoms with E-state index < -0.39 is 0 Å². The molecule has 1 aliphatic rings. The van der Waals surface area contributed by atoms with E-state index in [1.165, 1.54) is 0 Å². The summed E-state index contributed by atoms with van der Waals surface area (Å²) >= 11 is 0. The largest absolute Gasteiger partial charge is 0.493 e. The Labute approximate surface area is 132 Å². The molecule has 0 saturated carbocycles. The third-order valence-corrected chi connectivity index (χ3v) is 3.70. The molecule has 0 unspecified atom stereocenters. The molecule has 120 valence electrons. The summed E-state index contributed by atoms with van der Waals surface area (Å²) in [5.41, 5.74) is 2.86. The minimum atomic E-state index is -0.0530. The monoisotopic (exact) mass is 304 g/mol. The molecule has 0 aromatic heterocycles. The van der Waals surface area contributed by atoms with E-state index in [0.717, 1.165) is 35.4 Å². The van der Waals surface area contributed by atoms with E-state index >= 15 is 0 Å². The molecule has 1 aromatic rings. The van der Waals surface area contributed by atoms with Crippen LogP contribution in [0, 0.1) is 0 Å². The fraction of sp³-hybridized carbons (Fsp3) is 0.471. The number of hydrogen-bond donors (Lipinski definition) is 1. The molecule has 0 aliphatic carbocycles. The molecule has 1 aliphatic heterocycles. The van der Waals surface area contributed by atoms with Gasteiger partial charge in [0, 0.05) is 18.3 Å². The first-order chi connectivity index (χ1) is 10.6. The van der Waals surface area contributed by atoms with Crippen LogP contribution < -0.4 is 14.8 Å². The number of nitrogens with one attached hydrogen (secondary N) is 1. The smallest absolute Gasteiger partial charge is 0.217 e. The van der Waals surface area contributed by atoms with Crippen LogP contribution in [0.5, 0.6) is 11.5 Å². The third kappa shape index (κ3) is 3.18. The van der Waals surface area contributed by atoms with Gasteiger partial charge in [-0.25, -0.2) is 4.99 Å². The first-order valence-electron chi connectivity index (χ1n) is 7.47. The standard InChI is InChI=1S/C17H24N2O3/c1-6-7-12-8-13(9-15(20-4)16(12)21-5)17-19-14(10-22-17)11(2)18-3/h8-9,14,18H,2,6-7,10H2,1,3-5H3/t14-/m1/s1. The van der Waals surface area contributed by atoms with Gasteiger partial charge in [-0.05, 0) is 24.1 Å². The molecule has 0 spiro atoms. The lowest BCUT2D eigenvalue weighted by Gasteiger charge is -2.14. The molecule has 0 amide bonds. The van der Waals surface area contributed by atoms with Crippen LogP contribution in [0.3, 0.4) is 0 Å². The Hall–Kier alpha value is -2.17. The fourth-order valence-electron chi connectivity index (χ4n) is 2.50. The molecule has 2 rings (SSSR count). The summed E-state index contributed by atoms with van der Waals surface area (Å²) in [5, 5.41) is 3.03. The predicted molar refractivity (Wildman–Crippen MR) is 88.0 cm³/mol. The van der Waals surface area contributed by atoms with E-state index in [0.29, 0.717) is 18.3 Å². The SMILES string of the molecule is C=C(NC)[C@H]1COC(c2cc(CCC)c(OC)c(OC)c2)=N1. The van der Waals surface area contributed by atoms with E-state index in [1.807, 2.05) is 13.1 Å².